The molecule has 0 aliphatic carbocycles. The molecular weight excluding hydrogens is 226 g/mol. The molecule has 0 saturated heterocycles. The zero-order valence-electron chi connectivity index (χ0n) is 10.2. The van der Waals surface area contributed by atoms with Gasteiger partial charge in [-0.3, -0.25) is 0 Å². The predicted molar refractivity (Wildman–Crippen MR) is 75.5 cm³/mol. The molecule has 0 spiro atoms. The van der Waals surface area contributed by atoms with Gasteiger partial charge in [-0.25, -0.2) is 0 Å². The Morgan fingerprint density at radius 3 is 2.76 bits per heavy atom. The van der Waals surface area contributed by atoms with E-state index in [1.54, 1.807) is 11.3 Å². The lowest BCUT2D eigenvalue weighted by molar-refractivity contribution is 0.609. The second-order valence-corrected chi connectivity index (χ2v) is 5.34. The average Bonchev–Trinajstić information content (AvgIpc) is 2.82. The largest absolute Gasteiger partial charge is 0.327 e. The number of rotatable bonds is 5. The summed E-state index contributed by atoms with van der Waals surface area (Å²) in [5.41, 5.74) is 10.3. The third-order valence-corrected chi connectivity index (χ3v) is 3.86. The molecule has 0 saturated carbocycles. The van der Waals surface area contributed by atoms with Gasteiger partial charge in [-0.15, -0.1) is 0 Å². The summed E-state index contributed by atoms with van der Waals surface area (Å²) in [4.78, 5) is 0. The molecule has 0 bridgehead atoms. The van der Waals surface area contributed by atoms with Crippen LogP contribution in [0.15, 0.2) is 41.1 Å². The number of hydrogen-bond donors (Lipinski definition) is 1. The highest BCUT2D eigenvalue weighted by atomic mass is 32.1. The summed E-state index contributed by atoms with van der Waals surface area (Å²) in [6.45, 7) is 2.15. The number of benzene rings is 1. The van der Waals surface area contributed by atoms with Crippen LogP contribution in [0, 0.1) is 6.92 Å². The van der Waals surface area contributed by atoms with Crippen LogP contribution in [-0.2, 0) is 12.8 Å². The van der Waals surface area contributed by atoms with E-state index in [1.807, 2.05) is 0 Å². The van der Waals surface area contributed by atoms with Crippen LogP contribution in [0.3, 0.4) is 0 Å². The maximum absolute atomic E-state index is 6.19. The molecule has 17 heavy (non-hydrogen) atoms. The Hall–Kier alpha value is -1.12. The van der Waals surface area contributed by atoms with Crippen LogP contribution in [0.5, 0.6) is 0 Å². The van der Waals surface area contributed by atoms with Gasteiger partial charge in [0.15, 0.2) is 0 Å². The van der Waals surface area contributed by atoms with E-state index in [4.69, 9.17) is 5.73 Å². The molecule has 0 radical (unpaired) electrons. The lowest BCUT2D eigenvalue weighted by Crippen LogP contribution is -2.23. The van der Waals surface area contributed by atoms with Gasteiger partial charge >= 0.3 is 0 Å². The van der Waals surface area contributed by atoms with Crippen LogP contribution in [0.1, 0.15) is 23.1 Å². The molecule has 1 unspecified atom stereocenters. The molecule has 0 aliphatic rings. The molecule has 2 aromatic rings. The van der Waals surface area contributed by atoms with Crippen molar-refractivity contribution in [2.24, 2.45) is 5.73 Å². The van der Waals surface area contributed by atoms with Crippen molar-refractivity contribution in [2.75, 3.05) is 0 Å². The monoisotopic (exact) mass is 245 g/mol. The standard InChI is InChI=1S/C15H19NS/c1-12-4-2-3-5-14(12)10-15(16)7-6-13-8-9-17-11-13/h2-5,8-9,11,15H,6-7,10,16H2,1H3. The third-order valence-electron chi connectivity index (χ3n) is 3.13. The Balaban J connectivity index is 1.85. The van der Waals surface area contributed by atoms with Gasteiger partial charge in [0.1, 0.15) is 0 Å². The highest BCUT2D eigenvalue weighted by Crippen LogP contribution is 2.13. The third kappa shape index (κ3) is 3.69. The number of hydrogen-bond acceptors (Lipinski definition) is 2. The first-order valence-electron chi connectivity index (χ1n) is 6.07. The zero-order valence-corrected chi connectivity index (χ0v) is 11.0. The molecule has 1 aromatic heterocycles. The van der Waals surface area contributed by atoms with Gasteiger partial charge in [0.25, 0.3) is 0 Å². The molecule has 1 aromatic carbocycles. The van der Waals surface area contributed by atoms with Crippen molar-refractivity contribution < 1.29 is 0 Å². The first kappa shape index (κ1) is 12.3. The topological polar surface area (TPSA) is 26.0 Å². The van der Waals surface area contributed by atoms with Crippen LogP contribution >= 0.6 is 11.3 Å². The summed E-state index contributed by atoms with van der Waals surface area (Å²) in [5, 5.41) is 4.34. The van der Waals surface area contributed by atoms with Gasteiger partial charge in [-0.1, -0.05) is 24.3 Å². The molecule has 0 aliphatic heterocycles. The normalized spacial score (nSPS) is 12.6. The molecule has 1 atom stereocenters. The molecule has 0 amide bonds. The first-order valence-corrected chi connectivity index (χ1v) is 7.01. The van der Waals surface area contributed by atoms with E-state index in [0.717, 1.165) is 19.3 Å². The second-order valence-electron chi connectivity index (χ2n) is 4.56. The summed E-state index contributed by atoms with van der Waals surface area (Å²) < 4.78 is 0. The van der Waals surface area contributed by atoms with E-state index in [2.05, 4.69) is 48.0 Å². The number of thiophene rings is 1. The number of nitrogens with two attached hydrogens (primary N) is 1. The van der Waals surface area contributed by atoms with Crippen molar-refractivity contribution in [3.8, 4) is 0 Å². The van der Waals surface area contributed by atoms with Gasteiger partial charge in [0.05, 0.1) is 0 Å². The molecule has 2 N–H and O–H groups in total. The van der Waals surface area contributed by atoms with Crippen LogP contribution in [0.4, 0.5) is 0 Å². The molecule has 2 rings (SSSR count). The Labute approximate surface area is 107 Å². The Kier molecular flexibility index (Phi) is 4.35. The maximum Gasteiger partial charge on any atom is 0.00825 e. The van der Waals surface area contributed by atoms with Crippen molar-refractivity contribution in [2.45, 2.75) is 32.2 Å². The quantitative estimate of drug-likeness (QED) is 0.856. The van der Waals surface area contributed by atoms with Crippen molar-refractivity contribution in [1.82, 2.24) is 0 Å². The van der Waals surface area contributed by atoms with Gasteiger partial charge in [0, 0.05) is 6.04 Å². The maximum atomic E-state index is 6.19. The van der Waals surface area contributed by atoms with Crippen LogP contribution in [0.25, 0.3) is 0 Å². The van der Waals surface area contributed by atoms with Crippen molar-refractivity contribution in [3.63, 3.8) is 0 Å². The van der Waals surface area contributed by atoms with E-state index < -0.39 is 0 Å². The van der Waals surface area contributed by atoms with Crippen LogP contribution < -0.4 is 5.73 Å². The van der Waals surface area contributed by atoms with E-state index in [-0.39, 0.29) is 6.04 Å². The Morgan fingerprint density at radius 2 is 2.06 bits per heavy atom. The lowest BCUT2D eigenvalue weighted by atomic mass is 9.98. The summed E-state index contributed by atoms with van der Waals surface area (Å²) in [6, 6.07) is 11.0. The van der Waals surface area contributed by atoms with Crippen molar-refractivity contribution in [3.05, 3.63) is 57.8 Å². The Bertz CT molecular complexity index is 448. The lowest BCUT2D eigenvalue weighted by Gasteiger charge is -2.12. The highest BCUT2D eigenvalue weighted by Gasteiger charge is 2.06. The minimum Gasteiger partial charge on any atom is -0.327 e. The smallest absolute Gasteiger partial charge is 0.00825 e. The van der Waals surface area contributed by atoms with E-state index >= 15 is 0 Å². The summed E-state index contributed by atoms with van der Waals surface area (Å²) in [7, 11) is 0. The second kappa shape index (κ2) is 5.99. The fourth-order valence-corrected chi connectivity index (χ4v) is 2.71. The van der Waals surface area contributed by atoms with Gasteiger partial charge in [-0.2, -0.15) is 11.3 Å². The van der Waals surface area contributed by atoms with Gasteiger partial charge in [0.2, 0.25) is 0 Å². The SMILES string of the molecule is Cc1ccccc1CC(N)CCc1ccsc1. The average molecular weight is 245 g/mol. The fourth-order valence-electron chi connectivity index (χ4n) is 2.01. The molecule has 90 valence electrons. The van der Waals surface area contributed by atoms with Gasteiger partial charge in [-0.05, 0) is 59.7 Å². The van der Waals surface area contributed by atoms with Crippen molar-refractivity contribution in [1.29, 1.82) is 0 Å². The molecule has 2 heteroatoms. The van der Waals surface area contributed by atoms with Crippen LogP contribution in [-0.4, -0.2) is 6.04 Å². The van der Waals surface area contributed by atoms with Gasteiger partial charge < -0.3 is 5.73 Å². The molecular formula is C15H19NS. The number of aryl methyl sites for hydroxylation is 2. The minimum absolute atomic E-state index is 0.260. The summed E-state index contributed by atoms with van der Waals surface area (Å²) in [5.74, 6) is 0. The Morgan fingerprint density at radius 1 is 1.24 bits per heavy atom. The first-order chi connectivity index (χ1) is 8.25. The van der Waals surface area contributed by atoms with Crippen molar-refractivity contribution >= 4 is 11.3 Å². The van der Waals surface area contributed by atoms with E-state index in [0.29, 0.717) is 0 Å². The minimum atomic E-state index is 0.260. The molecule has 0 fully saturated rings. The summed E-state index contributed by atoms with van der Waals surface area (Å²) in [6.07, 6.45) is 3.14. The molecule has 1 nitrogen and oxygen atoms in total. The van der Waals surface area contributed by atoms with Crippen LogP contribution in [0.2, 0.25) is 0 Å². The molecule has 1 heterocycles. The summed E-state index contributed by atoms with van der Waals surface area (Å²) >= 11 is 1.76. The fraction of sp³-hybridized carbons (Fsp3) is 0.333. The predicted octanol–water partition coefficient (Wildman–Crippen LogP) is 3.56. The zero-order chi connectivity index (χ0) is 12.1. The van der Waals surface area contributed by atoms with E-state index in [1.165, 1.54) is 16.7 Å². The van der Waals surface area contributed by atoms with E-state index in [9.17, 15) is 0 Å². The highest BCUT2D eigenvalue weighted by molar-refractivity contribution is 7.07.